The van der Waals surface area contributed by atoms with Crippen LogP contribution in [0.15, 0.2) is 41.5 Å². The van der Waals surface area contributed by atoms with E-state index < -0.39 is 11.7 Å². The number of aromatic nitrogens is 2. The Bertz CT molecular complexity index is 830. The standard InChI is InChI=1S/C21H32N6O3.HI/c1-21(2,3)30-20(28)24-13-6-12-23-19(22-4)25-15-16-11-14-27(26-16)17-7-9-18(29-5)10-8-17;/h7-11,14H,6,12-13,15H2,1-5H3,(H,24,28)(H2,22,23,25);1H. The van der Waals surface area contributed by atoms with Crippen molar-refractivity contribution < 1.29 is 14.3 Å². The fourth-order valence-electron chi connectivity index (χ4n) is 2.53. The number of methoxy groups -OCH3 is 1. The van der Waals surface area contributed by atoms with Gasteiger partial charge in [-0.15, -0.1) is 24.0 Å². The lowest BCUT2D eigenvalue weighted by Crippen LogP contribution is -2.39. The third-order valence-corrected chi connectivity index (χ3v) is 3.96. The van der Waals surface area contributed by atoms with Crippen LogP contribution in [0.25, 0.3) is 5.69 Å². The molecule has 2 rings (SSSR count). The quantitative estimate of drug-likeness (QED) is 0.205. The highest BCUT2D eigenvalue weighted by molar-refractivity contribution is 14.0. The summed E-state index contributed by atoms with van der Waals surface area (Å²) in [4.78, 5) is 15.8. The summed E-state index contributed by atoms with van der Waals surface area (Å²) in [6.07, 6.45) is 2.25. The average molecular weight is 544 g/mol. The van der Waals surface area contributed by atoms with Crippen LogP contribution in [0.1, 0.15) is 32.9 Å². The molecule has 0 atom stereocenters. The Balaban J connectivity index is 0.00000480. The molecule has 0 aliphatic heterocycles. The molecule has 31 heavy (non-hydrogen) atoms. The summed E-state index contributed by atoms with van der Waals surface area (Å²) in [5.74, 6) is 1.48. The molecule has 1 aromatic carbocycles. The van der Waals surface area contributed by atoms with Gasteiger partial charge in [-0.2, -0.15) is 5.10 Å². The van der Waals surface area contributed by atoms with Crippen molar-refractivity contribution >= 4 is 36.0 Å². The topological polar surface area (TPSA) is 102 Å². The van der Waals surface area contributed by atoms with Crippen LogP contribution in [0, 0.1) is 0 Å². The van der Waals surface area contributed by atoms with E-state index in [1.165, 1.54) is 0 Å². The molecule has 10 heteroatoms. The smallest absolute Gasteiger partial charge is 0.407 e. The first-order valence-electron chi connectivity index (χ1n) is 9.91. The van der Waals surface area contributed by atoms with Crippen LogP contribution in [0.5, 0.6) is 5.75 Å². The molecule has 1 heterocycles. The maximum absolute atomic E-state index is 11.6. The second-order valence-corrected chi connectivity index (χ2v) is 7.58. The lowest BCUT2D eigenvalue weighted by molar-refractivity contribution is 0.0527. The first-order valence-corrected chi connectivity index (χ1v) is 9.91. The summed E-state index contributed by atoms with van der Waals surface area (Å²) in [5.41, 5.74) is 1.36. The Morgan fingerprint density at radius 2 is 1.77 bits per heavy atom. The molecule has 0 aliphatic rings. The summed E-state index contributed by atoms with van der Waals surface area (Å²) in [6, 6.07) is 9.66. The second kappa shape index (κ2) is 13.0. The third-order valence-electron chi connectivity index (χ3n) is 3.96. The van der Waals surface area contributed by atoms with Gasteiger partial charge in [-0.3, -0.25) is 4.99 Å². The monoisotopic (exact) mass is 544 g/mol. The van der Waals surface area contributed by atoms with Crippen molar-refractivity contribution in [1.82, 2.24) is 25.7 Å². The van der Waals surface area contributed by atoms with Crippen molar-refractivity contribution in [3.63, 3.8) is 0 Å². The van der Waals surface area contributed by atoms with E-state index in [4.69, 9.17) is 9.47 Å². The van der Waals surface area contributed by atoms with Crippen LogP contribution in [0.2, 0.25) is 0 Å². The largest absolute Gasteiger partial charge is 0.497 e. The first-order chi connectivity index (χ1) is 14.3. The zero-order valence-electron chi connectivity index (χ0n) is 18.8. The van der Waals surface area contributed by atoms with Gasteiger partial charge in [0.1, 0.15) is 11.4 Å². The van der Waals surface area contributed by atoms with Crippen LogP contribution in [0.4, 0.5) is 4.79 Å². The molecule has 9 nitrogen and oxygen atoms in total. The van der Waals surface area contributed by atoms with Crippen molar-refractivity contribution in [3.05, 3.63) is 42.2 Å². The number of nitrogens with zero attached hydrogens (tertiary/aromatic N) is 3. The van der Waals surface area contributed by atoms with E-state index in [0.29, 0.717) is 25.6 Å². The summed E-state index contributed by atoms with van der Waals surface area (Å²) in [5, 5.41) is 13.7. The van der Waals surface area contributed by atoms with E-state index in [0.717, 1.165) is 23.6 Å². The van der Waals surface area contributed by atoms with E-state index in [2.05, 4.69) is 26.0 Å². The van der Waals surface area contributed by atoms with Gasteiger partial charge in [-0.1, -0.05) is 0 Å². The summed E-state index contributed by atoms with van der Waals surface area (Å²) in [6.45, 7) is 7.23. The van der Waals surface area contributed by atoms with E-state index in [-0.39, 0.29) is 24.0 Å². The Morgan fingerprint density at radius 3 is 2.39 bits per heavy atom. The van der Waals surface area contributed by atoms with Gasteiger partial charge in [-0.05, 0) is 57.5 Å². The van der Waals surface area contributed by atoms with Crippen LogP contribution in [-0.2, 0) is 11.3 Å². The Hall–Kier alpha value is -2.50. The van der Waals surface area contributed by atoms with E-state index in [1.807, 2.05) is 62.0 Å². The third kappa shape index (κ3) is 9.90. The Labute approximate surface area is 201 Å². The number of rotatable bonds is 8. The number of guanidine groups is 1. The van der Waals surface area contributed by atoms with Crippen molar-refractivity contribution in [2.24, 2.45) is 4.99 Å². The number of ether oxygens (including phenoxy) is 2. The van der Waals surface area contributed by atoms with Gasteiger partial charge in [0, 0.05) is 26.3 Å². The number of carbonyl (C=O) groups excluding carboxylic acids is 1. The number of nitrogens with one attached hydrogen (secondary N) is 3. The minimum atomic E-state index is -0.491. The predicted octanol–water partition coefficient (Wildman–Crippen LogP) is 3.08. The number of hydrogen-bond acceptors (Lipinski definition) is 5. The van der Waals surface area contributed by atoms with Gasteiger partial charge in [-0.25, -0.2) is 9.48 Å². The molecule has 0 spiro atoms. The highest BCUT2D eigenvalue weighted by Gasteiger charge is 2.15. The minimum Gasteiger partial charge on any atom is -0.497 e. The van der Waals surface area contributed by atoms with E-state index in [9.17, 15) is 4.79 Å². The number of carbonyl (C=O) groups is 1. The zero-order chi connectivity index (χ0) is 22.0. The number of amides is 1. The maximum atomic E-state index is 11.6. The zero-order valence-corrected chi connectivity index (χ0v) is 21.1. The fraction of sp³-hybridized carbons (Fsp3) is 0.476. The molecule has 172 valence electrons. The lowest BCUT2D eigenvalue weighted by atomic mass is 10.2. The molecule has 0 radical (unpaired) electrons. The van der Waals surface area contributed by atoms with Crippen LogP contribution in [-0.4, -0.2) is 54.7 Å². The van der Waals surface area contributed by atoms with Crippen LogP contribution in [0.3, 0.4) is 0 Å². The maximum Gasteiger partial charge on any atom is 0.407 e. The van der Waals surface area contributed by atoms with Gasteiger partial charge in [0.2, 0.25) is 0 Å². The Kier molecular flexibility index (Phi) is 11.2. The average Bonchev–Trinajstić information content (AvgIpc) is 3.17. The molecule has 3 N–H and O–H groups in total. The lowest BCUT2D eigenvalue weighted by Gasteiger charge is -2.19. The Morgan fingerprint density at radius 1 is 1.10 bits per heavy atom. The number of alkyl carbamates (subject to hydrolysis) is 1. The summed E-state index contributed by atoms with van der Waals surface area (Å²) in [7, 11) is 3.36. The second-order valence-electron chi connectivity index (χ2n) is 7.58. The van der Waals surface area contributed by atoms with Gasteiger partial charge in [0.25, 0.3) is 0 Å². The summed E-state index contributed by atoms with van der Waals surface area (Å²) < 4.78 is 12.2. The van der Waals surface area contributed by atoms with Crippen LogP contribution < -0.4 is 20.7 Å². The first kappa shape index (κ1) is 26.5. The molecule has 0 bridgehead atoms. The molecular weight excluding hydrogens is 511 g/mol. The summed E-state index contributed by atoms with van der Waals surface area (Å²) >= 11 is 0. The molecule has 0 aliphatic carbocycles. The van der Waals surface area contributed by atoms with Crippen molar-refractivity contribution in [2.45, 2.75) is 39.3 Å². The van der Waals surface area contributed by atoms with Crippen molar-refractivity contribution in [1.29, 1.82) is 0 Å². The molecule has 2 aromatic rings. The van der Waals surface area contributed by atoms with Crippen molar-refractivity contribution in [2.75, 3.05) is 27.2 Å². The number of benzene rings is 1. The molecule has 0 saturated heterocycles. The molecule has 0 saturated carbocycles. The normalized spacial score (nSPS) is 11.3. The van der Waals surface area contributed by atoms with Crippen molar-refractivity contribution in [3.8, 4) is 11.4 Å². The van der Waals surface area contributed by atoms with Crippen LogP contribution >= 0.6 is 24.0 Å². The number of hydrogen-bond donors (Lipinski definition) is 3. The molecule has 1 aromatic heterocycles. The minimum absolute atomic E-state index is 0. The highest BCUT2D eigenvalue weighted by atomic mass is 127. The SMILES string of the molecule is CN=C(NCCCNC(=O)OC(C)(C)C)NCc1ccn(-c2ccc(OC)cc2)n1.I. The molecular formula is C21H33IN6O3. The van der Waals surface area contributed by atoms with E-state index in [1.54, 1.807) is 14.2 Å². The predicted molar refractivity (Wildman–Crippen MR) is 133 cm³/mol. The van der Waals surface area contributed by atoms with Gasteiger partial charge >= 0.3 is 6.09 Å². The fourth-order valence-corrected chi connectivity index (χ4v) is 2.53. The molecule has 1 amide bonds. The van der Waals surface area contributed by atoms with Gasteiger partial charge in [0.15, 0.2) is 5.96 Å². The highest BCUT2D eigenvalue weighted by Crippen LogP contribution is 2.14. The number of halogens is 1. The number of aliphatic imine (C=N–C) groups is 1. The molecule has 0 unspecified atom stereocenters. The van der Waals surface area contributed by atoms with E-state index >= 15 is 0 Å². The van der Waals surface area contributed by atoms with Gasteiger partial charge < -0.3 is 25.4 Å². The van der Waals surface area contributed by atoms with Gasteiger partial charge in [0.05, 0.1) is 25.0 Å². The molecule has 0 fully saturated rings.